The van der Waals surface area contributed by atoms with E-state index in [0.717, 1.165) is 24.3 Å². The van der Waals surface area contributed by atoms with Crippen LogP contribution in [0.5, 0.6) is 5.75 Å². The molecule has 0 bridgehead atoms. The van der Waals surface area contributed by atoms with Gasteiger partial charge in [0.05, 0.1) is 6.61 Å². The molecule has 2 aromatic rings. The highest BCUT2D eigenvalue weighted by Crippen LogP contribution is 2.25. The van der Waals surface area contributed by atoms with Crippen LogP contribution in [-0.4, -0.2) is 12.5 Å². The second-order valence-electron chi connectivity index (χ2n) is 5.41. The molecule has 1 aliphatic heterocycles. The van der Waals surface area contributed by atoms with Crippen molar-refractivity contribution in [3.8, 4) is 5.75 Å². The molecule has 3 nitrogen and oxygen atoms in total. The molecule has 1 heterocycles. The molecule has 1 aliphatic rings. The van der Waals surface area contributed by atoms with Crippen LogP contribution in [0, 0.1) is 5.82 Å². The van der Waals surface area contributed by atoms with Gasteiger partial charge in [-0.1, -0.05) is 30.3 Å². The van der Waals surface area contributed by atoms with Gasteiger partial charge < -0.3 is 10.1 Å². The van der Waals surface area contributed by atoms with Crippen molar-refractivity contribution in [3.63, 3.8) is 0 Å². The van der Waals surface area contributed by atoms with Gasteiger partial charge >= 0.3 is 0 Å². The lowest BCUT2D eigenvalue weighted by molar-refractivity contribution is -0.121. The molecule has 3 rings (SSSR count). The predicted molar refractivity (Wildman–Crippen MR) is 82.2 cm³/mol. The largest absolute Gasteiger partial charge is 0.493 e. The summed E-state index contributed by atoms with van der Waals surface area (Å²) in [6, 6.07) is 12.5. The van der Waals surface area contributed by atoms with Gasteiger partial charge in [0.2, 0.25) is 5.91 Å². The van der Waals surface area contributed by atoms with Gasteiger partial charge in [-0.25, -0.2) is 4.39 Å². The van der Waals surface area contributed by atoms with Crippen LogP contribution in [0.3, 0.4) is 0 Å². The zero-order valence-electron chi connectivity index (χ0n) is 12.3. The summed E-state index contributed by atoms with van der Waals surface area (Å²) in [5.74, 6) is 0.614. The Morgan fingerprint density at radius 2 is 2.09 bits per heavy atom. The Balaban J connectivity index is 1.49. The minimum absolute atomic E-state index is 0.0694. The van der Waals surface area contributed by atoms with Crippen LogP contribution in [0.2, 0.25) is 0 Å². The summed E-state index contributed by atoms with van der Waals surface area (Å²) in [6.45, 7) is 1.22. The van der Waals surface area contributed by atoms with E-state index in [4.69, 9.17) is 4.74 Å². The molecule has 0 atom stereocenters. The molecule has 2 aromatic carbocycles. The maximum atomic E-state index is 13.5. The predicted octanol–water partition coefficient (Wildman–Crippen LogP) is 3.01. The number of aryl methyl sites for hydroxylation is 1. The number of rotatable bonds is 5. The molecular weight excluding hydrogens is 281 g/mol. The van der Waals surface area contributed by atoms with Crippen molar-refractivity contribution in [3.05, 3.63) is 65.0 Å². The average Bonchev–Trinajstić information content (AvgIpc) is 2.99. The third-order valence-corrected chi connectivity index (χ3v) is 3.82. The van der Waals surface area contributed by atoms with Gasteiger partial charge in [0.25, 0.3) is 0 Å². The first kappa shape index (κ1) is 14.6. The molecule has 0 saturated heterocycles. The van der Waals surface area contributed by atoms with Gasteiger partial charge in [-0.15, -0.1) is 0 Å². The number of carbonyl (C=O) groups is 1. The monoisotopic (exact) mass is 299 g/mol. The maximum absolute atomic E-state index is 13.5. The summed E-state index contributed by atoms with van der Waals surface area (Å²) in [5, 5.41) is 2.88. The molecular formula is C18H18FNO2. The topological polar surface area (TPSA) is 38.3 Å². The second-order valence-corrected chi connectivity index (χ2v) is 5.41. The molecule has 0 spiro atoms. The third kappa shape index (κ3) is 3.45. The Labute approximate surface area is 129 Å². The molecule has 1 N–H and O–H groups in total. The van der Waals surface area contributed by atoms with E-state index in [9.17, 15) is 9.18 Å². The molecule has 0 aromatic heterocycles. The Morgan fingerprint density at radius 3 is 2.95 bits per heavy atom. The van der Waals surface area contributed by atoms with E-state index >= 15 is 0 Å². The molecule has 0 saturated carbocycles. The van der Waals surface area contributed by atoms with Gasteiger partial charge in [-0.2, -0.15) is 0 Å². The van der Waals surface area contributed by atoms with Crippen molar-refractivity contribution in [2.24, 2.45) is 0 Å². The molecule has 0 fully saturated rings. The zero-order chi connectivity index (χ0) is 15.4. The van der Waals surface area contributed by atoms with Crippen LogP contribution >= 0.6 is 0 Å². The Hall–Kier alpha value is -2.36. The van der Waals surface area contributed by atoms with E-state index < -0.39 is 0 Å². The first-order chi connectivity index (χ1) is 10.7. The fourth-order valence-corrected chi connectivity index (χ4v) is 2.59. The van der Waals surface area contributed by atoms with Crippen molar-refractivity contribution in [1.82, 2.24) is 5.32 Å². The molecule has 0 aliphatic carbocycles. The number of hydrogen-bond acceptors (Lipinski definition) is 2. The molecule has 1 amide bonds. The first-order valence-electron chi connectivity index (χ1n) is 7.47. The summed E-state index contributed by atoms with van der Waals surface area (Å²) in [5.41, 5.74) is 2.83. The van der Waals surface area contributed by atoms with Crippen molar-refractivity contribution < 1.29 is 13.9 Å². The van der Waals surface area contributed by atoms with E-state index in [1.54, 1.807) is 18.2 Å². The number of halogens is 1. The van der Waals surface area contributed by atoms with Crippen molar-refractivity contribution >= 4 is 5.91 Å². The quantitative estimate of drug-likeness (QED) is 0.921. The minimum Gasteiger partial charge on any atom is -0.493 e. The highest BCUT2D eigenvalue weighted by Gasteiger charge is 2.12. The smallest absolute Gasteiger partial charge is 0.220 e. The highest BCUT2D eigenvalue weighted by atomic mass is 19.1. The number of carbonyl (C=O) groups excluding carboxylic acids is 1. The number of fused-ring (bicyclic) bond motifs is 1. The van der Waals surface area contributed by atoms with Crippen molar-refractivity contribution in [2.75, 3.05) is 6.61 Å². The maximum Gasteiger partial charge on any atom is 0.220 e. The lowest BCUT2D eigenvalue weighted by atomic mass is 10.1. The molecule has 0 unspecified atom stereocenters. The standard InChI is InChI=1S/C18H18FNO2/c19-16-4-2-1-3-14(16)6-8-18(21)20-12-13-5-7-17-15(11-13)9-10-22-17/h1-5,7,11H,6,8-10,12H2,(H,20,21). The third-order valence-electron chi connectivity index (χ3n) is 3.82. The van der Waals surface area contributed by atoms with Crippen LogP contribution in [0.4, 0.5) is 4.39 Å². The van der Waals surface area contributed by atoms with Gasteiger partial charge in [0, 0.05) is 19.4 Å². The molecule has 114 valence electrons. The van der Waals surface area contributed by atoms with E-state index in [1.165, 1.54) is 11.6 Å². The molecule has 22 heavy (non-hydrogen) atoms. The number of ether oxygens (including phenoxy) is 1. The first-order valence-corrected chi connectivity index (χ1v) is 7.47. The number of benzene rings is 2. The Morgan fingerprint density at radius 1 is 1.23 bits per heavy atom. The number of hydrogen-bond donors (Lipinski definition) is 1. The van der Waals surface area contributed by atoms with E-state index in [1.807, 2.05) is 12.1 Å². The second kappa shape index (κ2) is 6.60. The SMILES string of the molecule is O=C(CCc1ccccc1F)NCc1ccc2c(c1)CCO2. The van der Waals surface area contributed by atoms with Gasteiger partial charge in [-0.05, 0) is 35.2 Å². The normalized spacial score (nSPS) is 12.6. The molecule has 4 heteroatoms. The van der Waals surface area contributed by atoms with Crippen LogP contribution in [0.15, 0.2) is 42.5 Å². The average molecular weight is 299 g/mol. The van der Waals surface area contributed by atoms with Gasteiger partial charge in [0.15, 0.2) is 0 Å². The summed E-state index contributed by atoms with van der Waals surface area (Å²) in [7, 11) is 0. The lowest BCUT2D eigenvalue weighted by Crippen LogP contribution is -2.23. The highest BCUT2D eigenvalue weighted by molar-refractivity contribution is 5.76. The summed E-state index contributed by atoms with van der Waals surface area (Å²) in [4.78, 5) is 11.9. The summed E-state index contributed by atoms with van der Waals surface area (Å²) >= 11 is 0. The number of nitrogens with one attached hydrogen (secondary N) is 1. The summed E-state index contributed by atoms with van der Waals surface area (Å²) in [6.07, 6.45) is 1.62. The zero-order valence-corrected chi connectivity index (χ0v) is 12.3. The van der Waals surface area contributed by atoms with Crippen LogP contribution < -0.4 is 10.1 Å². The summed E-state index contributed by atoms with van der Waals surface area (Å²) < 4.78 is 18.9. The Kier molecular flexibility index (Phi) is 4.37. The van der Waals surface area contributed by atoms with Crippen molar-refractivity contribution in [2.45, 2.75) is 25.8 Å². The van der Waals surface area contributed by atoms with Gasteiger partial charge in [0.1, 0.15) is 11.6 Å². The fourth-order valence-electron chi connectivity index (χ4n) is 2.59. The van der Waals surface area contributed by atoms with Crippen LogP contribution in [-0.2, 0) is 24.2 Å². The molecule has 0 radical (unpaired) electrons. The van der Waals surface area contributed by atoms with E-state index in [-0.39, 0.29) is 18.1 Å². The van der Waals surface area contributed by atoms with Crippen LogP contribution in [0.1, 0.15) is 23.1 Å². The van der Waals surface area contributed by atoms with Gasteiger partial charge in [-0.3, -0.25) is 4.79 Å². The van der Waals surface area contributed by atoms with E-state index in [2.05, 4.69) is 11.4 Å². The fraction of sp³-hybridized carbons (Fsp3) is 0.278. The lowest BCUT2D eigenvalue weighted by Gasteiger charge is -2.07. The minimum atomic E-state index is -0.256. The van der Waals surface area contributed by atoms with Crippen molar-refractivity contribution in [1.29, 1.82) is 0 Å². The Bertz CT molecular complexity index is 685. The number of amides is 1. The van der Waals surface area contributed by atoms with Crippen LogP contribution in [0.25, 0.3) is 0 Å². The van der Waals surface area contributed by atoms with E-state index in [0.29, 0.717) is 18.5 Å².